The molecule has 3 heteroatoms. The van der Waals surface area contributed by atoms with Crippen LogP contribution in [-0.4, -0.2) is 29.5 Å². The molecule has 1 aliphatic heterocycles. The number of nitrogens with one attached hydrogen (secondary N) is 1. The van der Waals surface area contributed by atoms with Gasteiger partial charge in [0.05, 0.1) is 0 Å². The number of hydrogen-bond acceptors (Lipinski definition) is 3. The van der Waals surface area contributed by atoms with Gasteiger partial charge in [-0.3, -0.25) is 4.90 Å². The summed E-state index contributed by atoms with van der Waals surface area (Å²) < 4.78 is 0. The molecular formula is C15H25N3. The monoisotopic (exact) mass is 247 g/mol. The van der Waals surface area contributed by atoms with E-state index in [4.69, 9.17) is 0 Å². The van der Waals surface area contributed by atoms with Crippen LogP contribution in [0.2, 0.25) is 0 Å². The van der Waals surface area contributed by atoms with Gasteiger partial charge in [-0.2, -0.15) is 0 Å². The minimum atomic E-state index is 0.761. The van der Waals surface area contributed by atoms with Gasteiger partial charge < -0.3 is 5.32 Å². The summed E-state index contributed by atoms with van der Waals surface area (Å²) >= 11 is 0. The molecule has 1 fully saturated rings. The summed E-state index contributed by atoms with van der Waals surface area (Å²) in [6.45, 7) is 4.60. The lowest BCUT2D eigenvalue weighted by Crippen LogP contribution is -2.33. The molecule has 0 spiro atoms. The lowest BCUT2D eigenvalue weighted by atomic mass is 10.1. The number of nitrogens with zero attached hydrogens (tertiary/aromatic N) is 2. The van der Waals surface area contributed by atoms with Crippen LogP contribution in [0.5, 0.6) is 0 Å². The normalized spacial score (nSPS) is 21.6. The smallest absolute Gasteiger partial charge is 0.125 e. The fourth-order valence-electron chi connectivity index (χ4n) is 2.81. The van der Waals surface area contributed by atoms with E-state index in [-0.39, 0.29) is 0 Å². The maximum Gasteiger partial charge on any atom is 0.125 e. The number of anilines is 1. The largest absolute Gasteiger partial charge is 0.373 e. The third-order valence-corrected chi connectivity index (χ3v) is 3.94. The fraction of sp³-hybridized carbons (Fsp3) is 0.667. The van der Waals surface area contributed by atoms with Crippen molar-refractivity contribution in [2.75, 3.05) is 18.9 Å². The summed E-state index contributed by atoms with van der Waals surface area (Å²) in [5.74, 6) is 0.946. The van der Waals surface area contributed by atoms with Gasteiger partial charge in [0.15, 0.2) is 0 Å². The molecule has 0 radical (unpaired) electrons. The maximum atomic E-state index is 4.40. The summed E-state index contributed by atoms with van der Waals surface area (Å²) in [5.41, 5.74) is 1.33. The highest BCUT2D eigenvalue weighted by Gasteiger charge is 2.19. The third-order valence-electron chi connectivity index (χ3n) is 3.94. The Balaban J connectivity index is 2.00. The van der Waals surface area contributed by atoms with Crippen LogP contribution in [0.1, 0.15) is 44.6 Å². The van der Waals surface area contributed by atoms with Crippen LogP contribution >= 0.6 is 0 Å². The van der Waals surface area contributed by atoms with E-state index in [1.807, 2.05) is 13.2 Å². The highest BCUT2D eigenvalue weighted by atomic mass is 15.2. The first-order valence-electron chi connectivity index (χ1n) is 7.20. The quantitative estimate of drug-likeness (QED) is 0.885. The molecule has 0 amide bonds. The van der Waals surface area contributed by atoms with Crippen molar-refractivity contribution >= 4 is 5.82 Å². The van der Waals surface area contributed by atoms with Crippen molar-refractivity contribution in [3.05, 3.63) is 23.9 Å². The first-order valence-corrected chi connectivity index (χ1v) is 7.20. The highest BCUT2D eigenvalue weighted by Crippen LogP contribution is 2.21. The van der Waals surface area contributed by atoms with Gasteiger partial charge in [-0.15, -0.1) is 0 Å². The average Bonchev–Trinajstić information content (AvgIpc) is 2.64. The third kappa shape index (κ3) is 3.45. The molecule has 1 aromatic heterocycles. The van der Waals surface area contributed by atoms with Gasteiger partial charge in [0.1, 0.15) is 5.82 Å². The van der Waals surface area contributed by atoms with Crippen LogP contribution in [0.25, 0.3) is 0 Å². The number of pyridine rings is 1. The van der Waals surface area contributed by atoms with Gasteiger partial charge in [0.2, 0.25) is 0 Å². The minimum Gasteiger partial charge on any atom is -0.373 e. The molecule has 1 unspecified atom stereocenters. The second kappa shape index (κ2) is 6.74. The molecule has 1 atom stereocenters. The molecular weight excluding hydrogens is 222 g/mol. The van der Waals surface area contributed by atoms with E-state index in [2.05, 4.69) is 34.3 Å². The summed E-state index contributed by atoms with van der Waals surface area (Å²) in [7, 11) is 1.91. The van der Waals surface area contributed by atoms with Crippen molar-refractivity contribution in [1.82, 2.24) is 9.88 Å². The Hall–Kier alpha value is -1.09. The minimum absolute atomic E-state index is 0.761. The van der Waals surface area contributed by atoms with Crippen molar-refractivity contribution in [2.24, 2.45) is 0 Å². The van der Waals surface area contributed by atoms with Crippen LogP contribution in [-0.2, 0) is 6.54 Å². The topological polar surface area (TPSA) is 28.2 Å². The van der Waals surface area contributed by atoms with Gasteiger partial charge in [-0.05, 0) is 37.4 Å². The van der Waals surface area contributed by atoms with Crippen LogP contribution in [0.15, 0.2) is 18.3 Å². The summed E-state index contributed by atoms with van der Waals surface area (Å²) in [6.07, 6.45) is 8.76. The Morgan fingerprint density at radius 2 is 2.22 bits per heavy atom. The van der Waals surface area contributed by atoms with Gasteiger partial charge in [-0.1, -0.05) is 25.8 Å². The number of aromatic nitrogens is 1. The molecule has 3 nitrogen and oxygen atoms in total. The molecule has 1 saturated heterocycles. The molecule has 2 rings (SSSR count). The summed E-state index contributed by atoms with van der Waals surface area (Å²) in [4.78, 5) is 7.04. The molecule has 0 aromatic carbocycles. The molecule has 0 aliphatic carbocycles. The zero-order valence-electron chi connectivity index (χ0n) is 11.7. The lowest BCUT2D eigenvalue weighted by Gasteiger charge is -2.29. The number of rotatable bonds is 4. The van der Waals surface area contributed by atoms with Crippen molar-refractivity contribution in [3.8, 4) is 0 Å². The van der Waals surface area contributed by atoms with Crippen molar-refractivity contribution < 1.29 is 0 Å². The molecule has 2 heterocycles. The second-order valence-electron chi connectivity index (χ2n) is 5.18. The van der Waals surface area contributed by atoms with E-state index >= 15 is 0 Å². The van der Waals surface area contributed by atoms with E-state index in [0.29, 0.717) is 0 Å². The van der Waals surface area contributed by atoms with E-state index in [1.165, 1.54) is 44.2 Å². The van der Waals surface area contributed by atoms with Crippen LogP contribution < -0.4 is 5.32 Å². The molecule has 1 aromatic rings. The SMILES string of the molecule is CCC1CCCCCN1Cc1ccc(NC)nc1. The van der Waals surface area contributed by atoms with Crippen molar-refractivity contribution in [1.29, 1.82) is 0 Å². The first-order chi connectivity index (χ1) is 8.83. The molecule has 100 valence electrons. The van der Waals surface area contributed by atoms with E-state index in [0.717, 1.165) is 18.4 Å². The standard InChI is InChI=1S/C15H25N3/c1-3-14-7-5-4-6-10-18(14)12-13-8-9-15(16-2)17-11-13/h8-9,11,14H,3-7,10,12H2,1-2H3,(H,16,17). The van der Waals surface area contributed by atoms with E-state index in [1.54, 1.807) is 0 Å². The second-order valence-corrected chi connectivity index (χ2v) is 5.18. The fourth-order valence-corrected chi connectivity index (χ4v) is 2.81. The number of hydrogen-bond donors (Lipinski definition) is 1. The van der Waals surface area contributed by atoms with E-state index in [9.17, 15) is 0 Å². The summed E-state index contributed by atoms with van der Waals surface area (Å²) in [5, 5.41) is 3.06. The Labute approximate surface area is 111 Å². The molecule has 1 aliphatic rings. The first kappa shape index (κ1) is 13.3. The van der Waals surface area contributed by atoms with Crippen molar-refractivity contribution in [2.45, 2.75) is 51.6 Å². The zero-order valence-corrected chi connectivity index (χ0v) is 11.7. The Kier molecular flexibility index (Phi) is 5.00. The predicted molar refractivity (Wildman–Crippen MR) is 76.7 cm³/mol. The maximum absolute atomic E-state index is 4.40. The summed E-state index contributed by atoms with van der Waals surface area (Å²) in [6, 6.07) is 5.02. The number of likely N-dealkylation sites (tertiary alicyclic amines) is 1. The zero-order chi connectivity index (χ0) is 12.8. The van der Waals surface area contributed by atoms with Crippen LogP contribution in [0.3, 0.4) is 0 Å². The van der Waals surface area contributed by atoms with Gasteiger partial charge in [0.25, 0.3) is 0 Å². The Morgan fingerprint density at radius 3 is 2.89 bits per heavy atom. The average molecular weight is 247 g/mol. The molecule has 0 bridgehead atoms. The Bertz CT molecular complexity index is 347. The Morgan fingerprint density at radius 1 is 1.33 bits per heavy atom. The molecule has 0 saturated carbocycles. The van der Waals surface area contributed by atoms with Crippen molar-refractivity contribution in [3.63, 3.8) is 0 Å². The lowest BCUT2D eigenvalue weighted by molar-refractivity contribution is 0.186. The molecule has 18 heavy (non-hydrogen) atoms. The van der Waals surface area contributed by atoms with Gasteiger partial charge in [-0.25, -0.2) is 4.98 Å². The van der Waals surface area contributed by atoms with Gasteiger partial charge in [0, 0.05) is 25.8 Å². The predicted octanol–water partition coefficient (Wildman–Crippen LogP) is 3.28. The van der Waals surface area contributed by atoms with E-state index < -0.39 is 0 Å². The van der Waals surface area contributed by atoms with Gasteiger partial charge >= 0.3 is 0 Å². The van der Waals surface area contributed by atoms with Crippen LogP contribution in [0.4, 0.5) is 5.82 Å². The van der Waals surface area contributed by atoms with Crippen LogP contribution in [0, 0.1) is 0 Å². The highest BCUT2D eigenvalue weighted by molar-refractivity contribution is 5.34. The molecule has 1 N–H and O–H groups in total.